The summed E-state index contributed by atoms with van der Waals surface area (Å²) in [6.45, 7) is 24.9. The van der Waals surface area contributed by atoms with Gasteiger partial charge < -0.3 is 4.74 Å². The minimum atomic E-state index is -0.00709. The summed E-state index contributed by atoms with van der Waals surface area (Å²) in [5.41, 5.74) is 10.6. The molecule has 0 aliphatic carbocycles. The number of rotatable bonds is 8. The number of hydrogen-bond acceptors (Lipinski definition) is 3. The molecule has 5 nitrogen and oxygen atoms in total. The third-order valence-electron chi connectivity index (χ3n) is 10.8. The highest BCUT2D eigenvalue weighted by Crippen LogP contribution is 2.41. The summed E-state index contributed by atoms with van der Waals surface area (Å²) >= 11 is 0. The quantitative estimate of drug-likeness (QED) is 0.158. The summed E-state index contributed by atoms with van der Waals surface area (Å²) in [5.74, 6) is 3.37. The van der Waals surface area contributed by atoms with Gasteiger partial charge in [0.25, 0.3) is 0 Å². The van der Waals surface area contributed by atoms with Crippen LogP contribution < -0.4 is 4.74 Å². The summed E-state index contributed by atoms with van der Waals surface area (Å²) < 4.78 is 11.1. The van der Waals surface area contributed by atoms with Gasteiger partial charge in [0.1, 0.15) is 17.3 Å². The van der Waals surface area contributed by atoms with Crippen LogP contribution in [0, 0.1) is 5.41 Å². The van der Waals surface area contributed by atoms with Crippen LogP contribution in [0.5, 0.6) is 11.5 Å². The largest absolute Gasteiger partial charge is 0.457 e. The van der Waals surface area contributed by atoms with Crippen LogP contribution in [0.1, 0.15) is 116 Å². The first-order valence-corrected chi connectivity index (χ1v) is 19.1. The van der Waals surface area contributed by atoms with Crippen LogP contribution in [-0.4, -0.2) is 19.3 Å². The number of fused-ring (bicyclic) bond motifs is 3. The Morgan fingerprint density at radius 2 is 1.38 bits per heavy atom. The van der Waals surface area contributed by atoms with Gasteiger partial charge in [-0.25, -0.2) is 9.67 Å². The van der Waals surface area contributed by atoms with E-state index >= 15 is 0 Å². The van der Waals surface area contributed by atoms with E-state index in [1.165, 1.54) is 38.7 Å². The van der Waals surface area contributed by atoms with E-state index in [1.807, 2.05) is 12.3 Å². The van der Waals surface area contributed by atoms with Crippen LogP contribution in [0.2, 0.25) is 0 Å². The van der Waals surface area contributed by atoms with E-state index in [9.17, 15) is 0 Å². The number of nitrogens with zero attached hydrogens (tertiary/aromatic N) is 4. The number of ether oxygens (including phenoxy) is 1. The van der Waals surface area contributed by atoms with Gasteiger partial charge in [-0.15, -0.1) is 0 Å². The first-order valence-electron chi connectivity index (χ1n) is 19.1. The van der Waals surface area contributed by atoms with Crippen molar-refractivity contribution in [3.05, 3.63) is 132 Å². The summed E-state index contributed by atoms with van der Waals surface area (Å²) in [6.07, 6.45) is 1.93. The van der Waals surface area contributed by atoms with Gasteiger partial charge in [-0.2, -0.15) is 5.10 Å². The van der Waals surface area contributed by atoms with Crippen molar-refractivity contribution in [2.45, 2.75) is 99.3 Å². The molecule has 0 fully saturated rings. The molecule has 1 atom stereocenters. The van der Waals surface area contributed by atoms with E-state index < -0.39 is 0 Å². The molecule has 1 unspecified atom stereocenters. The molecule has 0 radical (unpaired) electrons. The van der Waals surface area contributed by atoms with Gasteiger partial charge in [0.15, 0.2) is 0 Å². The topological polar surface area (TPSA) is 44.9 Å². The van der Waals surface area contributed by atoms with Crippen LogP contribution in [0.15, 0.2) is 109 Å². The molecule has 7 aromatic rings. The minimum Gasteiger partial charge on any atom is -0.457 e. The van der Waals surface area contributed by atoms with Gasteiger partial charge >= 0.3 is 0 Å². The van der Waals surface area contributed by atoms with Crippen molar-refractivity contribution in [3.8, 4) is 34.1 Å². The monoisotopic (exact) mass is 702 g/mol. The Hall–Kier alpha value is -5.16. The Labute approximate surface area is 315 Å². The standard InChI is InChI=1S/C48H54N4O/c1-30(2)45-44(33-16-13-12-14-17-33)46(31(3)4)52(50-45)36-18-15-19-37(28-36)53-38-21-22-39-40-26-34(32(5)47(6,7)8)20-23-41(40)51(42(39)29-38)43-27-35(24-25-49-43)48(9,10)11/h12-32H,1-11H3. The Balaban J connectivity index is 1.35. The molecule has 3 heterocycles. The zero-order valence-corrected chi connectivity index (χ0v) is 33.3. The fourth-order valence-electron chi connectivity index (χ4n) is 7.40. The Morgan fingerprint density at radius 3 is 2.06 bits per heavy atom. The number of aromatic nitrogens is 4. The third kappa shape index (κ3) is 6.90. The molecule has 0 saturated carbocycles. The van der Waals surface area contributed by atoms with Crippen molar-refractivity contribution in [2.24, 2.45) is 5.41 Å². The first kappa shape index (κ1) is 36.2. The molecule has 5 heteroatoms. The van der Waals surface area contributed by atoms with Gasteiger partial charge in [-0.3, -0.25) is 4.57 Å². The van der Waals surface area contributed by atoms with Crippen LogP contribution >= 0.6 is 0 Å². The maximum absolute atomic E-state index is 6.71. The molecular weight excluding hydrogens is 649 g/mol. The molecule has 272 valence electrons. The molecule has 53 heavy (non-hydrogen) atoms. The van der Waals surface area contributed by atoms with Crippen molar-refractivity contribution in [1.82, 2.24) is 19.3 Å². The lowest BCUT2D eigenvalue weighted by Crippen LogP contribution is -2.15. The van der Waals surface area contributed by atoms with Crippen LogP contribution in [-0.2, 0) is 5.41 Å². The zero-order chi connectivity index (χ0) is 37.8. The lowest BCUT2D eigenvalue weighted by atomic mass is 9.77. The molecule has 0 bridgehead atoms. The molecule has 0 saturated heterocycles. The zero-order valence-electron chi connectivity index (χ0n) is 33.3. The fraction of sp³-hybridized carbons (Fsp3) is 0.333. The molecule has 3 aromatic heterocycles. The van der Waals surface area contributed by atoms with Crippen LogP contribution in [0.4, 0.5) is 0 Å². The van der Waals surface area contributed by atoms with Gasteiger partial charge in [-0.05, 0) is 93.8 Å². The molecule has 7 rings (SSSR count). The molecule has 0 spiro atoms. The average Bonchev–Trinajstić information content (AvgIpc) is 3.68. The highest BCUT2D eigenvalue weighted by Gasteiger charge is 2.26. The molecule has 0 N–H and O–H groups in total. The van der Waals surface area contributed by atoms with Crippen molar-refractivity contribution >= 4 is 21.8 Å². The summed E-state index contributed by atoms with van der Waals surface area (Å²) in [4.78, 5) is 4.93. The summed E-state index contributed by atoms with van der Waals surface area (Å²) in [6, 6.07) is 36.7. The highest BCUT2D eigenvalue weighted by atomic mass is 16.5. The second kappa shape index (κ2) is 13.7. The van der Waals surface area contributed by atoms with Gasteiger partial charge in [0, 0.05) is 34.7 Å². The summed E-state index contributed by atoms with van der Waals surface area (Å²) in [5, 5.41) is 7.65. The third-order valence-corrected chi connectivity index (χ3v) is 10.8. The van der Waals surface area contributed by atoms with E-state index in [4.69, 9.17) is 14.8 Å². The predicted octanol–water partition coefficient (Wildman–Crippen LogP) is 13.5. The maximum atomic E-state index is 6.71. The van der Waals surface area contributed by atoms with Crippen molar-refractivity contribution in [3.63, 3.8) is 0 Å². The molecule has 0 aliphatic heterocycles. The van der Waals surface area contributed by atoms with Gasteiger partial charge in [-0.1, -0.05) is 119 Å². The molecular formula is C48H54N4O. The normalized spacial score (nSPS) is 13.1. The maximum Gasteiger partial charge on any atom is 0.137 e. The van der Waals surface area contributed by atoms with E-state index in [0.717, 1.165) is 39.7 Å². The SMILES string of the molecule is CC(C)c1nn(-c2cccc(Oc3ccc4c5cc(C(C)C(C)(C)C)ccc5n(-c5cc(C(C)(C)C)ccn5)c4c3)c2)c(C(C)C)c1-c1ccccc1. The van der Waals surface area contributed by atoms with E-state index in [1.54, 1.807) is 0 Å². The fourth-order valence-corrected chi connectivity index (χ4v) is 7.40. The minimum absolute atomic E-state index is 0.00709. The Kier molecular flexibility index (Phi) is 9.34. The predicted molar refractivity (Wildman–Crippen MR) is 222 cm³/mol. The van der Waals surface area contributed by atoms with Crippen LogP contribution in [0.3, 0.4) is 0 Å². The number of hydrogen-bond donors (Lipinski definition) is 0. The molecule has 4 aromatic carbocycles. The van der Waals surface area contributed by atoms with Crippen molar-refractivity contribution in [2.75, 3.05) is 0 Å². The number of benzene rings is 4. The van der Waals surface area contributed by atoms with E-state index in [-0.39, 0.29) is 22.7 Å². The molecule has 0 amide bonds. The Bertz CT molecular complexity index is 2410. The lowest BCUT2D eigenvalue weighted by molar-refractivity contribution is 0.340. The Morgan fingerprint density at radius 1 is 0.642 bits per heavy atom. The van der Waals surface area contributed by atoms with Crippen molar-refractivity contribution < 1.29 is 4.74 Å². The van der Waals surface area contributed by atoms with Crippen molar-refractivity contribution in [1.29, 1.82) is 0 Å². The van der Waals surface area contributed by atoms with E-state index in [0.29, 0.717) is 5.92 Å². The second-order valence-corrected chi connectivity index (χ2v) is 17.4. The van der Waals surface area contributed by atoms with Gasteiger partial charge in [0.2, 0.25) is 0 Å². The van der Waals surface area contributed by atoms with Crippen LogP contribution in [0.25, 0.3) is 44.4 Å². The first-order chi connectivity index (χ1) is 25.1. The number of pyridine rings is 1. The lowest BCUT2D eigenvalue weighted by Gasteiger charge is -2.27. The molecule has 0 aliphatic rings. The summed E-state index contributed by atoms with van der Waals surface area (Å²) in [7, 11) is 0. The second-order valence-electron chi connectivity index (χ2n) is 17.4. The van der Waals surface area contributed by atoms with E-state index in [2.05, 4.69) is 182 Å². The smallest absolute Gasteiger partial charge is 0.137 e. The highest BCUT2D eigenvalue weighted by molar-refractivity contribution is 6.09. The average molecular weight is 703 g/mol. The van der Waals surface area contributed by atoms with Gasteiger partial charge in [0.05, 0.1) is 28.1 Å².